The second-order valence-corrected chi connectivity index (χ2v) is 26.0. The molecular weight excluding hydrogens is 1020 g/mol. The molecule has 0 saturated carbocycles. The van der Waals surface area contributed by atoms with Gasteiger partial charge in [0.05, 0.1) is 48.5 Å². The first-order valence-electron chi connectivity index (χ1n) is 28.7. The number of thiophene rings is 2. The van der Waals surface area contributed by atoms with Gasteiger partial charge in [-0.2, -0.15) is 30.5 Å². The second kappa shape index (κ2) is 22.0. The fraction of sp³-hybridized carbons (Fsp3) is 0.600. The Labute approximate surface area is 467 Å². The highest BCUT2D eigenvalue weighted by Crippen LogP contribution is 2.51. The van der Waals surface area contributed by atoms with Gasteiger partial charge in [0.2, 0.25) is 11.8 Å². The van der Waals surface area contributed by atoms with Crippen LogP contribution in [-0.4, -0.2) is 155 Å². The van der Waals surface area contributed by atoms with Crippen LogP contribution in [0.3, 0.4) is 0 Å². The third kappa shape index (κ3) is 10.2. The Bertz CT molecular complexity index is 3050. The summed E-state index contributed by atoms with van der Waals surface area (Å²) in [5.41, 5.74) is 9.42. The number of amides is 2. The number of aryl methyl sites for hydroxylation is 1. The lowest BCUT2D eigenvalue weighted by molar-refractivity contribution is -0.129. The molecule has 8 heterocycles. The number of aromatic nitrogens is 4. The minimum atomic E-state index is -0.253. The Kier molecular flexibility index (Phi) is 14.9. The molecule has 2 amide bonds. The highest BCUT2D eigenvalue weighted by Gasteiger charge is 2.45. The zero-order valence-corrected chi connectivity index (χ0v) is 47.2. The molecule has 8 aliphatic rings. The summed E-state index contributed by atoms with van der Waals surface area (Å²) in [6.07, 6.45) is 18.8. The number of rotatable bonds is 13. The summed E-state index contributed by atoms with van der Waals surface area (Å²) in [5, 5.41) is 24.3. The Morgan fingerprint density at radius 3 is 1.81 bits per heavy atom. The molecule has 4 fully saturated rings. The number of nitriles is 2. The van der Waals surface area contributed by atoms with Crippen molar-refractivity contribution in [3.8, 4) is 24.2 Å². The molecule has 4 aliphatic carbocycles. The first kappa shape index (κ1) is 52.8. The van der Waals surface area contributed by atoms with Crippen molar-refractivity contribution in [2.45, 2.75) is 139 Å². The van der Waals surface area contributed by atoms with E-state index < -0.39 is 0 Å². The number of anilines is 2. The van der Waals surface area contributed by atoms with Crippen molar-refractivity contribution in [1.82, 2.24) is 39.5 Å². The summed E-state index contributed by atoms with van der Waals surface area (Å²) in [7, 11) is 4.40. The van der Waals surface area contributed by atoms with Gasteiger partial charge in [-0.15, -0.1) is 22.7 Å². The predicted molar refractivity (Wildman–Crippen MR) is 302 cm³/mol. The zero-order valence-electron chi connectivity index (χ0n) is 45.6. The highest BCUT2D eigenvalue weighted by atomic mass is 32.1. The van der Waals surface area contributed by atoms with Gasteiger partial charge in [-0.25, -0.2) is 0 Å². The van der Waals surface area contributed by atoms with Crippen LogP contribution in [0.15, 0.2) is 42.1 Å². The third-order valence-corrected chi connectivity index (χ3v) is 21.5. The topological polar surface area (TPSA) is 171 Å². The number of likely N-dealkylation sites (N-methyl/N-ethyl adjacent to an activating group) is 2. The minimum absolute atomic E-state index is 0.0996. The number of ether oxygens (including phenoxy) is 2. The largest absolute Gasteiger partial charge is 0.462 e. The van der Waals surface area contributed by atoms with E-state index in [1.54, 1.807) is 15.4 Å². The SMILES string of the molecule is C=CC(=O)N1CCN(c2nc(OCC3CC(c4csc5c4CC[C@]4(CCc6c(nc(OCC7CCCN7C)nc6N6CCN(C(=O)C=C)[C@H](CC#N)C6)C4)C5)CN3C)nc3c2CC[C@@]2(CCc4ccsc4C2)C3)CC1CC#N. The van der Waals surface area contributed by atoms with Crippen LogP contribution in [0.25, 0.3) is 0 Å². The van der Waals surface area contributed by atoms with Crippen LogP contribution >= 0.6 is 22.7 Å². The van der Waals surface area contributed by atoms with Crippen molar-refractivity contribution in [2.75, 3.05) is 89.5 Å². The Morgan fingerprint density at radius 1 is 0.679 bits per heavy atom. The smallest absolute Gasteiger partial charge is 0.318 e. The number of piperazine rings is 2. The van der Waals surface area contributed by atoms with Crippen molar-refractivity contribution in [1.29, 1.82) is 10.5 Å². The first-order chi connectivity index (χ1) is 37.9. The Balaban J connectivity index is 0.749. The number of carbonyl (C=O) groups is 2. The quantitative estimate of drug-likeness (QED) is 0.122. The summed E-state index contributed by atoms with van der Waals surface area (Å²) in [6, 6.07) is 7.86. The highest BCUT2D eigenvalue weighted by molar-refractivity contribution is 7.10. The van der Waals surface area contributed by atoms with Crippen LogP contribution < -0.4 is 19.3 Å². The molecule has 0 aromatic carbocycles. The molecule has 78 heavy (non-hydrogen) atoms. The van der Waals surface area contributed by atoms with Crippen LogP contribution in [0, 0.1) is 33.5 Å². The van der Waals surface area contributed by atoms with E-state index in [9.17, 15) is 20.1 Å². The lowest BCUT2D eigenvalue weighted by Gasteiger charge is -2.44. The number of hydrogen-bond acceptors (Lipinski definition) is 16. The zero-order chi connectivity index (χ0) is 53.7. The number of nitrogens with zero attached hydrogens (tertiary/aromatic N) is 12. The van der Waals surface area contributed by atoms with E-state index in [0.29, 0.717) is 76.5 Å². The lowest BCUT2D eigenvalue weighted by atomic mass is 9.64. The normalized spacial score (nSPS) is 27.9. The van der Waals surface area contributed by atoms with Gasteiger partial charge < -0.3 is 34.0 Å². The maximum Gasteiger partial charge on any atom is 0.318 e. The fourth-order valence-electron chi connectivity index (χ4n) is 15.0. The lowest BCUT2D eigenvalue weighted by Crippen LogP contribution is -2.55. The summed E-state index contributed by atoms with van der Waals surface area (Å²) in [4.78, 5) is 62.7. The van der Waals surface area contributed by atoms with Gasteiger partial charge in [-0.05, 0) is 179 Å². The van der Waals surface area contributed by atoms with Crippen LogP contribution in [-0.2, 0) is 61.0 Å². The molecule has 0 N–H and O–H groups in total. The van der Waals surface area contributed by atoms with Gasteiger partial charge >= 0.3 is 12.0 Å². The molecule has 2 spiro atoms. The van der Waals surface area contributed by atoms with Crippen molar-refractivity contribution in [3.63, 3.8) is 0 Å². The average molecular weight is 1090 g/mol. The molecule has 4 aromatic rings. The molecule has 0 bridgehead atoms. The number of likely N-dealkylation sites (tertiary alicyclic amines) is 2. The molecule has 18 heteroatoms. The van der Waals surface area contributed by atoms with Gasteiger partial charge in [0, 0.05) is 78.8 Å². The van der Waals surface area contributed by atoms with E-state index in [1.165, 1.54) is 44.2 Å². The van der Waals surface area contributed by atoms with Crippen molar-refractivity contribution in [3.05, 3.63) is 91.1 Å². The summed E-state index contributed by atoms with van der Waals surface area (Å²) in [6.45, 7) is 13.9. The van der Waals surface area contributed by atoms with Gasteiger partial charge in [0.1, 0.15) is 24.8 Å². The summed E-state index contributed by atoms with van der Waals surface area (Å²) in [5.74, 6) is 1.95. The molecule has 0 radical (unpaired) electrons. The van der Waals surface area contributed by atoms with Crippen LogP contribution in [0.1, 0.15) is 113 Å². The van der Waals surface area contributed by atoms with Crippen LogP contribution in [0.4, 0.5) is 11.6 Å². The Hall–Kier alpha value is -5.92. The molecule has 4 aliphatic heterocycles. The second-order valence-electron chi connectivity index (χ2n) is 24.0. The first-order valence-corrected chi connectivity index (χ1v) is 30.4. The number of fused-ring (bicyclic) bond motifs is 4. The van der Waals surface area contributed by atoms with Gasteiger partial charge in [0.15, 0.2) is 0 Å². The van der Waals surface area contributed by atoms with Gasteiger partial charge in [0.25, 0.3) is 0 Å². The van der Waals surface area contributed by atoms with Crippen LogP contribution in [0.2, 0.25) is 0 Å². The molecule has 410 valence electrons. The predicted octanol–water partition coefficient (Wildman–Crippen LogP) is 7.29. The molecule has 16 nitrogen and oxygen atoms in total. The van der Waals surface area contributed by atoms with Crippen LogP contribution in [0.5, 0.6) is 12.0 Å². The Morgan fingerprint density at radius 2 is 1.24 bits per heavy atom. The molecule has 7 atom stereocenters. The third-order valence-electron chi connectivity index (χ3n) is 19.5. The summed E-state index contributed by atoms with van der Waals surface area (Å²) >= 11 is 3.84. The van der Waals surface area contributed by atoms with E-state index in [2.05, 4.69) is 75.8 Å². The van der Waals surface area contributed by atoms with E-state index >= 15 is 0 Å². The van der Waals surface area contributed by atoms with E-state index in [-0.39, 0.29) is 53.6 Å². The van der Waals surface area contributed by atoms with Crippen molar-refractivity contribution in [2.24, 2.45) is 10.8 Å². The van der Waals surface area contributed by atoms with E-state index in [4.69, 9.17) is 29.4 Å². The molecule has 4 saturated heterocycles. The number of hydrogen-bond donors (Lipinski definition) is 0. The van der Waals surface area contributed by atoms with E-state index in [0.717, 1.165) is 132 Å². The van der Waals surface area contributed by atoms with Gasteiger partial charge in [-0.3, -0.25) is 14.5 Å². The minimum Gasteiger partial charge on any atom is -0.462 e. The standard InChI is InChI=1S/C60H74N12O4S2/c1-5-53(73)71-25-23-69(34-41(71)13-20-61)55-47-12-19-60(30-50(47)63-57(65-55)75-36-43-8-7-22-67(43)3)17-10-45-48(38-78-52(45)32-60)40-28-44(68(4)33-40)37-76-58-64-49-29-59(16-9-39-15-27-77-51(39)31-59)18-11-46(49)56(66-58)70-24-26-72(54(74)6-2)42(35-70)14-21-62/h5-6,15,27,38,40-44H,1-2,7-14,16-19,22-26,28-37H2,3-4H3/t40?,41-,42?,43?,44?,59+,60-/m1/s1. The molecule has 12 rings (SSSR count). The van der Waals surface area contributed by atoms with E-state index in [1.807, 2.05) is 22.7 Å². The molecule has 4 aromatic heterocycles. The maximum absolute atomic E-state index is 12.9. The monoisotopic (exact) mass is 1090 g/mol. The van der Waals surface area contributed by atoms with Crippen molar-refractivity contribution >= 4 is 46.1 Å². The molecular formula is C60H74N12O4S2. The fourth-order valence-corrected chi connectivity index (χ4v) is 17.4. The average Bonchev–Trinajstić information content (AvgIpc) is 4.37. The van der Waals surface area contributed by atoms with Gasteiger partial charge in [-0.1, -0.05) is 13.2 Å². The maximum atomic E-state index is 12.9. The molecule has 4 unspecified atom stereocenters. The summed E-state index contributed by atoms with van der Waals surface area (Å²) < 4.78 is 13.3. The van der Waals surface area contributed by atoms with Crippen molar-refractivity contribution < 1.29 is 19.1 Å². The number of carbonyl (C=O) groups excluding carboxylic acids is 2.